The molecule has 0 bridgehead atoms. The van der Waals surface area contributed by atoms with Gasteiger partial charge < -0.3 is 5.32 Å². The van der Waals surface area contributed by atoms with Crippen LogP contribution in [0.3, 0.4) is 0 Å². The van der Waals surface area contributed by atoms with Crippen molar-refractivity contribution < 1.29 is 18.0 Å². The van der Waals surface area contributed by atoms with Gasteiger partial charge in [0.15, 0.2) is 0 Å². The van der Waals surface area contributed by atoms with Crippen LogP contribution in [0.4, 0.5) is 13.2 Å². The van der Waals surface area contributed by atoms with Gasteiger partial charge in [-0.15, -0.1) is 0 Å². The first-order valence-electron chi connectivity index (χ1n) is 10.1. The van der Waals surface area contributed by atoms with Crippen LogP contribution in [0.5, 0.6) is 0 Å². The molecule has 1 amide bonds. The first-order chi connectivity index (χ1) is 13.7. The van der Waals surface area contributed by atoms with Crippen LogP contribution in [0.1, 0.15) is 66.1 Å². The van der Waals surface area contributed by atoms with Gasteiger partial charge in [0, 0.05) is 30.3 Å². The summed E-state index contributed by atoms with van der Waals surface area (Å²) in [7, 11) is 1.83. The van der Waals surface area contributed by atoms with Crippen LogP contribution in [0, 0.1) is 13.8 Å². The number of nitrogens with one attached hydrogen (secondary N) is 1. The fourth-order valence-electron chi connectivity index (χ4n) is 4.42. The van der Waals surface area contributed by atoms with Crippen LogP contribution in [-0.2, 0) is 24.4 Å². The lowest BCUT2D eigenvalue weighted by molar-refractivity contribution is -0.138. The molecule has 1 aliphatic rings. The number of halogens is 3. The molecule has 1 saturated carbocycles. The van der Waals surface area contributed by atoms with Crippen LogP contribution in [-0.4, -0.2) is 21.7 Å². The second kappa shape index (κ2) is 8.59. The fraction of sp³-hybridized carbons (Fsp3) is 0.545. The van der Waals surface area contributed by atoms with Crippen molar-refractivity contribution >= 4 is 5.91 Å². The largest absolute Gasteiger partial charge is 0.416 e. The number of nitrogens with zero attached hydrogens (tertiary/aromatic N) is 2. The Morgan fingerprint density at radius 3 is 2.52 bits per heavy atom. The molecular formula is C22H28F3N3O. The topological polar surface area (TPSA) is 46.9 Å². The molecule has 158 valence electrons. The summed E-state index contributed by atoms with van der Waals surface area (Å²) < 4.78 is 42.5. The molecule has 2 aromatic rings. The molecule has 0 radical (unpaired) electrons. The Bertz CT molecular complexity index is 873. The van der Waals surface area contributed by atoms with Crippen molar-refractivity contribution in [3.8, 4) is 0 Å². The lowest BCUT2D eigenvalue weighted by Gasteiger charge is -2.29. The Balaban J connectivity index is 1.84. The summed E-state index contributed by atoms with van der Waals surface area (Å²) in [4.78, 5) is 12.8. The highest BCUT2D eigenvalue weighted by Gasteiger charge is 2.37. The van der Waals surface area contributed by atoms with E-state index < -0.39 is 11.7 Å². The van der Waals surface area contributed by atoms with E-state index in [1.165, 1.54) is 6.07 Å². The third-order valence-electron chi connectivity index (χ3n) is 6.02. The van der Waals surface area contributed by atoms with Gasteiger partial charge in [0.2, 0.25) is 5.91 Å². The van der Waals surface area contributed by atoms with E-state index in [1.807, 2.05) is 20.9 Å². The quantitative estimate of drug-likeness (QED) is 0.738. The summed E-state index contributed by atoms with van der Waals surface area (Å²) in [6.07, 6.45) is -0.143. The third-order valence-corrected chi connectivity index (χ3v) is 6.02. The zero-order valence-corrected chi connectivity index (χ0v) is 17.1. The van der Waals surface area contributed by atoms with Gasteiger partial charge in [0.1, 0.15) is 0 Å². The number of benzene rings is 1. The maximum absolute atomic E-state index is 13.6. The van der Waals surface area contributed by atoms with Crippen molar-refractivity contribution in [1.82, 2.24) is 15.1 Å². The van der Waals surface area contributed by atoms with Gasteiger partial charge in [-0.1, -0.05) is 37.5 Å². The van der Waals surface area contributed by atoms with E-state index >= 15 is 0 Å². The smallest absolute Gasteiger partial charge is 0.352 e. The molecule has 1 aromatic heterocycles. The lowest BCUT2D eigenvalue weighted by Crippen LogP contribution is -2.40. The van der Waals surface area contributed by atoms with Crippen LogP contribution in [0.15, 0.2) is 24.3 Å². The molecule has 0 aliphatic heterocycles. The monoisotopic (exact) mass is 407 g/mol. The van der Waals surface area contributed by atoms with E-state index in [0.717, 1.165) is 42.3 Å². The predicted molar refractivity (Wildman–Crippen MR) is 106 cm³/mol. The van der Waals surface area contributed by atoms with Crippen molar-refractivity contribution in [1.29, 1.82) is 0 Å². The van der Waals surface area contributed by atoms with E-state index in [2.05, 4.69) is 10.4 Å². The van der Waals surface area contributed by atoms with Crippen LogP contribution < -0.4 is 5.32 Å². The molecule has 1 aliphatic carbocycles. The Morgan fingerprint density at radius 1 is 1.17 bits per heavy atom. The Kier molecular flexibility index (Phi) is 6.34. The molecule has 7 heteroatoms. The number of hydrogen-bond donors (Lipinski definition) is 1. The summed E-state index contributed by atoms with van der Waals surface area (Å²) in [6.45, 7) is 3.78. The van der Waals surface area contributed by atoms with Gasteiger partial charge in [0.05, 0.1) is 17.7 Å². The minimum absolute atomic E-state index is 0.161. The van der Waals surface area contributed by atoms with Crippen molar-refractivity contribution in [2.45, 2.75) is 70.5 Å². The van der Waals surface area contributed by atoms with E-state index in [1.54, 1.807) is 16.8 Å². The molecule has 1 heterocycles. The average molecular weight is 407 g/mol. The summed E-state index contributed by atoms with van der Waals surface area (Å²) >= 11 is 0. The second-order valence-corrected chi connectivity index (χ2v) is 7.95. The Hall–Kier alpha value is -2.31. The van der Waals surface area contributed by atoms with Gasteiger partial charge in [-0.3, -0.25) is 9.48 Å². The molecule has 1 N–H and O–H groups in total. The van der Waals surface area contributed by atoms with E-state index in [0.29, 0.717) is 18.4 Å². The number of carbonyl (C=O) groups is 1. The van der Waals surface area contributed by atoms with Gasteiger partial charge in [-0.2, -0.15) is 18.3 Å². The number of carbonyl (C=O) groups excluding carboxylic acids is 1. The maximum Gasteiger partial charge on any atom is 0.416 e. The zero-order chi connectivity index (χ0) is 21.2. The average Bonchev–Trinajstić information content (AvgIpc) is 2.82. The van der Waals surface area contributed by atoms with Gasteiger partial charge >= 0.3 is 6.18 Å². The highest BCUT2D eigenvalue weighted by molar-refractivity contribution is 5.79. The number of hydrogen-bond acceptors (Lipinski definition) is 2. The summed E-state index contributed by atoms with van der Waals surface area (Å²) in [5.41, 5.74) is 2.31. The third kappa shape index (κ3) is 4.82. The maximum atomic E-state index is 13.6. The number of alkyl halides is 3. The van der Waals surface area contributed by atoms with E-state index in [9.17, 15) is 18.0 Å². The first-order valence-corrected chi connectivity index (χ1v) is 10.1. The van der Waals surface area contributed by atoms with Gasteiger partial charge in [0.25, 0.3) is 0 Å². The highest BCUT2D eigenvalue weighted by atomic mass is 19.4. The molecule has 0 saturated heterocycles. The van der Waals surface area contributed by atoms with Crippen LogP contribution >= 0.6 is 0 Å². The number of aryl methyl sites for hydroxylation is 2. The molecule has 0 spiro atoms. The molecule has 2 atom stereocenters. The van der Waals surface area contributed by atoms with Crippen LogP contribution in [0.25, 0.3) is 0 Å². The number of amides is 1. The highest BCUT2D eigenvalue weighted by Crippen LogP contribution is 2.40. The SMILES string of the molecule is Cc1nn(C)c(C)c1CC(=O)N[C@@H]1CCCCC[C@H]1c1ccccc1C(F)(F)F. The molecular weight excluding hydrogens is 379 g/mol. The van der Waals surface area contributed by atoms with Crippen LogP contribution in [0.2, 0.25) is 0 Å². The summed E-state index contributed by atoms with van der Waals surface area (Å²) in [5, 5.41) is 7.39. The zero-order valence-electron chi connectivity index (χ0n) is 17.1. The molecule has 3 rings (SSSR count). The van der Waals surface area contributed by atoms with E-state index in [4.69, 9.17) is 0 Å². The van der Waals surface area contributed by atoms with Crippen molar-refractivity contribution in [3.05, 3.63) is 52.3 Å². The Morgan fingerprint density at radius 2 is 1.86 bits per heavy atom. The molecule has 0 unspecified atom stereocenters. The minimum Gasteiger partial charge on any atom is -0.352 e. The van der Waals surface area contributed by atoms with Gasteiger partial charge in [-0.05, 0) is 38.3 Å². The normalized spacial score (nSPS) is 20.3. The second-order valence-electron chi connectivity index (χ2n) is 7.95. The number of rotatable bonds is 4. The predicted octanol–water partition coefficient (Wildman–Crippen LogP) is 4.83. The molecule has 1 aromatic carbocycles. The van der Waals surface area contributed by atoms with Crippen molar-refractivity contribution in [3.63, 3.8) is 0 Å². The summed E-state index contributed by atoms with van der Waals surface area (Å²) in [6, 6.07) is 5.47. The fourth-order valence-corrected chi connectivity index (χ4v) is 4.42. The molecule has 1 fully saturated rings. The first kappa shape index (κ1) is 21.4. The minimum atomic E-state index is -4.40. The molecule has 29 heavy (non-hydrogen) atoms. The van der Waals surface area contributed by atoms with Gasteiger partial charge in [-0.25, -0.2) is 0 Å². The van der Waals surface area contributed by atoms with Crippen molar-refractivity contribution in [2.24, 2.45) is 7.05 Å². The number of aromatic nitrogens is 2. The van der Waals surface area contributed by atoms with Crippen molar-refractivity contribution in [2.75, 3.05) is 0 Å². The lowest BCUT2D eigenvalue weighted by atomic mass is 9.84. The standard InChI is InChI=1S/C22H28F3N3O/c1-14-18(15(2)28(3)27-14)13-21(29)26-20-12-6-4-5-10-17(20)16-9-7-8-11-19(16)22(23,24)25/h7-9,11,17,20H,4-6,10,12-13H2,1-3H3,(H,26,29)/t17-,20+/m0/s1. The van der Waals surface area contributed by atoms with E-state index in [-0.39, 0.29) is 24.3 Å². The molecule has 4 nitrogen and oxygen atoms in total. The Labute approximate surface area is 169 Å². The summed E-state index contributed by atoms with van der Waals surface area (Å²) in [5.74, 6) is -0.499.